The maximum atomic E-state index is 10.4. The van der Waals surface area contributed by atoms with Gasteiger partial charge in [-0.15, -0.1) is 0 Å². The highest BCUT2D eigenvalue weighted by atomic mass is 79.9. The van der Waals surface area contributed by atoms with Crippen molar-refractivity contribution in [3.05, 3.63) is 100 Å². The molecule has 4 rings (SSSR count). The van der Waals surface area contributed by atoms with Gasteiger partial charge >= 0.3 is 0 Å². The molecule has 5 nitrogen and oxygen atoms in total. The molecule has 0 bridgehead atoms. The molecule has 0 fully saturated rings. The minimum absolute atomic E-state index is 0.208. The average molecular weight is 512 g/mol. The zero-order valence-corrected chi connectivity index (χ0v) is 20.0. The van der Waals surface area contributed by atoms with Crippen LogP contribution in [0.2, 0.25) is 0 Å². The first-order chi connectivity index (χ1) is 15.1. The number of benzene rings is 3. The van der Waals surface area contributed by atoms with E-state index in [0.29, 0.717) is 5.75 Å². The van der Waals surface area contributed by atoms with Crippen LogP contribution in [-0.2, 0) is 17.2 Å². The quantitative estimate of drug-likeness (QED) is 0.302. The molecule has 0 radical (unpaired) electrons. The Labute approximate surface area is 196 Å². The lowest BCUT2D eigenvalue weighted by Gasteiger charge is -2.05. The van der Waals surface area contributed by atoms with Gasteiger partial charge in [-0.25, -0.2) is 8.42 Å². The van der Waals surface area contributed by atoms with Crippen molar-refractivity contribution in [2.45, 2.75) is 11.8 Å². The lowest BCUT2D eigenvalue weighted by atomic mass is 10.1. The van der Waals surface area contributed by atoms with E-state index in [1.54, 1.807) is 6.07 Å². The Morgan fingerprint density at radius 1 is 0.938 bits per heavy atom. The highest BCUT2D eigenvalue weighted by Gasteiger charge is 2.08. The highest BCUT2D eigenvalue weighted by Crippen LogP contribution is 2.19. The first-order valence-corrected chi connectivity index (χ1v) is 11.9. The van der Waals surface area contributed by atoms with E-state index in [1.807, 2.05) is 19.1 Å². The van der Waals surface area contributed by atoms with Crippen LogP contribution in [0.4, 0.5) is 0 Å². The van der Waals surface area contributed by atoms with Crippen molar-refractivity contribution in [1.82, 2.24) is 0 Å². The molecule has 0 spiro atoms. The van der Waals surface area contributed by atoms with Gasteiger partial charge in [0.15, 0.2) is 0 Å². The fourth-order valence-corrected chi connectivity index (χ4v) is 3.83. The van der Waals surface area contributed by atoms with E-state index in [0.717, 1.165) is 21.3 Å². The fraction of sp³-hybridized carbons (Fsp3) is 0.0800. The van der Waals surface area contributed by atoms with Crippen LogP contribution < -0.4 is 4.57 Å². The van der Waals surface area contributed by atoms with Crippen molar-refractivity contribution in [2.24, 2.45) is 7.05 Å². The van der Waals surface area contributed by atoms with Crippen molar-refractivity contribution in [1.29, 1.82) is 0 Å². The normalized spacial score (nSPS) is 11.4. The van der Waals surface area contributed by atoms with Crippen molar-refractivity contribution in [3.63, 3.8) is 0 Å². The molecule has 7 heteroatoms. The number of aryl methyl sites for hydroxylation is 2. The lowest BCUT2D eigenvalue weighted by Crippen LogP contribution is -2.32. The Kier molecular flexibility index (Phi) is 7.45. The second kappa shape index (κ2) is 10.1. The minimum atomic E-state index is -4.29. The number of pyridine rings is 1. The van der Waals surface area contributed by atoms with Crippen LogP contribution in [0.3, 0.4) is 0 Å². The Hall–Kier alpha value is -3.00. The molecule has 0 amide bonds. The Morgan fingerprint density at radius 2 is 1.62 bits per heavy atom. The van der Waals surface area contributed by atoms with Gasteiger partial charge in [-0.2, -0.15) is 4.57 Å². The van der Waals surface area contributed by atoms with Gasteiger partial charge in [-0.1, -0.05) is 34.1 Å². The Morgan fingerprint density at radius 3 is 2.28 bits per heavy atom. The first kappa shape index (κ1) is 23.7. The van der Waals surface area contributed by atoms with Gasteiger partial charge < -0.3 is 9.66 Å². The minimum Gasteiger partial charge on any atom is -0.744 e. The molecule has 32 heavy (non-hydrogen) atoms. The fourth-order valence-electron chi connectivity index (χ4n) is 3.09. The second-order valence-electron chi connectivity index (χ2n) is 7.16. The van der Waals surface area contributed by atoms with Crippen LogP contribution in [0.1, 0.15) is 16.8 Å². The van der Waals surface area contributed by atoms with E-state index in [4.69, 9.17) is 0 Å². The molecule has 0 saturated carbocycles. The van der Waals surface area contributed by atoms with E-state index in [-0.39, 0.29) is 4.90 Å². The third kappa shape index (κ3) is 6.03. The molecular weight excluding hydrogens is 490 g/mol. The monoisotopic (exact) mass is 511 g/mol. The number of aromatic hydroxyl groups is 1. The van der Waals surface area contributed by atoms with E-state index in [9.17, 15) is 18.1 Å². The molecule has 0 atom stereocenters. The van der Waals surface area contributed by atoms with Gasteiger partial charge in [0.2, 0.25) is 11.2 Å². The summed E-state index contributed by atoms with van der Waals surface area (Å²) in [4.78, 5) is -0.208. The maximum absolute atomic E-state index is 10.4. The number of phenols is 1. The molecule has 0 aliphatic heterocycles. The smallest absolute Gasteiger partial charge is 0.212 e. The van der Waals surface area contributed by atoms with Crippen molar-refractivity contribution < 1.29 is 22.6 Å². The van der Waals surface area contributed by atoms with E-state index in [1.165, 1.54) is 35.2 Å². The molecule has 3 aromatic carbocycles. The zero-order valence-electron chi connectivity index (χ0n) is 17.6. The first-order valence-electron chi connectivity index (χ1n) is 9.72. The molecule has 1 aromatic heterocycles. The summed E-state index contributed by atoms with van der Waals surface area (Å²) in [6.45, 7) is 1.91. The number of hydrogen-bond donors (Lipinski definition) is 1. The number of phenolic OH excluding ortho intramolecular Hbond substituents is 1. The summed E-state index contributed by atoms with van der Waals surface area (Å²) in [5.74, 6) is 0.336. The molecule has 164 valence electrons. The van der Waals surface area contributed by atoms with Crippen LogP contribution in [0.15, 0.2) is 88.2 Å². The number of hydrogen-bond acceptors (Lipinski definition) is 4. The number of para-hydroxylation sites is 1. The number of halogens is 1. The van der Waals surface area contributed by atoms with Crippen LogP contribution >= 0.6 is 15.9 Å². The predicted octanol–water partition coefficient (Wildman–Crippen LogP) is 5.20. The molecule has 0 saturated heterocycles. The summed E-state index contributed by atoms with van der Waals surface area (Å²) in [7, 11) is -2.22. The maximum Gasteiger partial charge on any atom is 0.212 e. The predicted molar refractivity (Wildman–Crippen MR) is 129 cm³/mol. The zero-order chi connectivity index (χ0) is 23.3. The number of fused-ring (bicyclic) bond motifs is 1. The summed E-state index contributed by atoms with van der Waals surface area (Å²) in [6.07, 6.45) is 4.16. The number of rotatable bonds is 3. The van der Waals surface area contributed by atoms with Gasteiger partial charge in [-0.05, 0) is 72.7 Å². The summed E-state index contributed by atoms with van der Waals surface area (Å²) in [5.41, 5.74) is 4.32. The van der Waals surface area contributed by atoms with Crippen molar-refractivity contribution in [2.75, 3.05) is 0 Å². The van der Waals surface area contributed by atoms with Gasteiger partial charge in [0.25, 0.3) is 0 Å². The standard InChI is InChI=1S/C19H17NO.C6H5BrO3S/c1-14-13-15(8-12-19(14)21)7-10-17-11-9-16-5-3-4-6-18(16)20(17)2;7-5-1-3-6(4-2-5)11(8,9)10/h3-13H,1-2H3;1-4H,(H,8,9,10). The van der Waals surface area contributed by atoms with Crippen LogP contribution in [0, 0.1) is 6.92 Å². The van der Waals surface area contributed by atoms with Crippen molar-refractivity contribution >= 4 is 49.1 Å². The average Bonchev–Trinajstić information content (AvgIpc) is 2.76. The largest absolute Gasteiger partial charge is 0.744 e. The molecule has 4 aromatic rings. The topological polar surface area (TPSA) is 81.3 Å². The summed E-state index contributed by atoms with van der Waals surface area (Å²) >= 11 is 3.12. The third-order valence-corrected chi connectivity index (χ3v) is 6.27. The van der Waals surface area contributed by atoms with E-state index >= 15 is 0 Å². The Bertz CT molecular complexity index is 1380. The van der Waals surface area contributed by atoms with Crippen LogP contribution in [0.5, 0.6) is 5.75 Å². The molecule has 0 unspecified atom stereocenters. The van der Waals surface area contributed by atoms with Gasteiger partial charge in [-0.3, -0.25) is 0 Å². The van der Waals surface area contributed by atoms with E-state index in [2.05, 4.69) is 76.1 Å². The second-order valence-corrected chi connectivity index (χ2v) is 9.46. The molecule has 0 aliphatic carbocycles. The molecule has 0 aliphatic rings. The van der Waals surface area contributed by atoms with E-state index < -0.39 is 10.1 Å². The summed E-state index contributed by atoms with van der Waals surface area (Å²) in [6, 6.07) is 23.7. The van der Waals surface area contributed by atoms with Crippen LogP contribution in [-0.4, -0.2) is 18.1 Å². The number of nitrogens with zero attached hydrogens (tertiary/aromatic N) is 1. The molecular formula is C25H22BrNO4S. The number of aromatic nitrogens is 1. The molecule has 1 heterocycles. The Balaban J connectivity index is 0.000000222. The van der Waals surface area contributed by atoms with Crippen LogP contribution in [0.25, 0.3) is 23.1 Å². The van der Waals surface area contributed by atoms with Gasteiger partial charge in [0.05, 0.1) is 4.90 Å². The summed E-state index contributed by atoms with van der Waals surface area (Å²) in [5, 5.41) is 10.8. The molecule has 1 N–H and O–H groups in total. The lowest BCUT2D eigenvalue weighted by molar-refractivity contribution is -0.646. The van der Waals surface area contributed by atoms with Crippen molar-refractivity contribution in [3.8, 4) is 5.75 Å². The highest BCUT2D eigenvalue weighted by molar-refractivity contribution is 9.10. The van der Waals surface area contributed by atoms with Gasteiger partial charge in [0.1, 0.15) is 22.9 Å². The SMILES string of the molecule is Cc1cc(C=Cc2ccc3ccccc3[n+]2C)ccc1O.O=S(=O)([O-])c1ccc(Br)cc1. The third-order valence-electron chi connectivity index (χ3n) is 4.89. The summed E-state index contributed by atoms with van der Waals surface area (Å²) < 4.78 is 34.0. The van der Waals surface area contributed by atoms with Gasteiger partial charge in [0, 0.05) is 28.1 Å².